The van der Waals surface area contributed by atoms with Crippen LogP contribution in [0.2, 0.25) is 0 Å². The molecule has 0 radical (unpaired) electrons. The fourth-order valence-electron chi connectivity index (χ4n) is 2.06. The van der Waals surface area contributed by atoms with E-state index in [0.29, 0.717) is 0 Å². The molecule has 2 heterocycles. The third-order valence-corrected chi connectivity index (χ3v) is 3.59. The van der Waals surface area contributed by atoms with Crippen molar-refractivity contribution >= 4 is 22.1 Å². The fourth-order valence-corrected chi connectivity index (χ4v) is 2.89. The lowest BCUT2D eigenvalue weighted by atomic mass is 10.0. The molecule has 1 N–H and O–H groups in total. The molecule has 0 bridgehead atoms. The highest BCUT2D eigenvalue weighted by Crippen LogP contribution is 2.29. The summed E-state index contributed by atoms with van der Waals surface area (Å²) >= 11 is 1.76. The minimum Gasteiger partial charge on any atom is -0.371 e. The Bertz CT molecular complexity index is 459. The van der Waals surface area contributed by atoms with E-state index < -0.39 is 0 Å². The molecule has 2 nitrogen and oxygen atoms in total. The molecule has 2 aromatic rings. The van der Waals surface area contributed by atoms with Gasteiger partial charge in [-0.2, -0.15) is 11.3 Å². The lowest BCUT2D eigenvalue weighted by molar-refractivity contribution is 0.0286. The molecule has 0 aliphatic carbocycles. The topological polar surface area (TPSA) is 21.3 Å². The van der Waals surface area contributed by atoms with Gasteiger partial charge in [0.15, 0.2) is 0 Å². The number of nitrogens with one attached hydrogen (secondary N) is 1. The van der Waals surface area contributed by atoms with Gasteiger partial charge in [-0.1, -0.05) is 18.2 Å². The minimum absolute atomic E-state index is 0.219. The summed E-state index contributed by atoms with van der Waals surface area (Å²) in [6.07, 6.45) is 0.219. The van der Waals surface area contributed by atoms with Crippen LogP contribution >= 0.6 is 11.3 Å². The molecular formula is C12H13NOS. The molecule has 1 aliphatic rings. The summed E-state index contributed by atoms with van der Waals surface area (Å²) < 4.78 is 5.78. The Morgan fingerprint density at radius 2 is 2.33 bits per heavy atom. The summed E-state index contributed by atoms with van der Waals surface area (Å²) in [6, 6.07) is 6.45. The zero-order valence-electron chi connectivity index (χ0n) is 8.40. The van der Waals surface area contributed by atoms with E-state index in [1.54, 1.807) is 11.3 Å². The second-order valence-corrected chi connectivity index (χ2v) is 4.53. The second-order valence-electron chi connectivity index (χ2n) is 3.79. The van der Waals surface area contributed by atoms with Gasteiger partial charge >= 0.3 is 0 Å². The van der Waals surface area contributed by atoms with Gasteiger partial charge in [-0.15, -0.1) is 0 Å². The largest absolute Gasteiger partial charge is 0.371 e. The van der Waals surface area contributed by atoms with E-state index in [2.05, 4.69) is 34.3 Å². The molecule has 3 heteroatoms. The monoisotopic (exact) mass is 219 g/mol. The highest BCUT2D eigenvalue weighted by Gasteiger charge is 2.17. The predicted octanol–water partition coefficient (Wildman–Crippen LogP) is 2.56. The molecule has 1 aromatic carbocycles. The third-order valence-electron chi connectivity index (χ3n) is 2.83. The zero-order valence-corrected chi connectivity index (χ0v) is 9.22. The quantitative estimate of drug-likeness (QED) is 0.796. The van der Waals surface area contributed by atoms with Crippen molar-refractivity contribution < 1.29 is 4.74 Å². The summed E-state index contributed by atoms with van der Waals surface area (Å²) in [5.41, 5.74) is 1.32. The molecule has 0 saturated carbocycles. The summed E-state index contributed by atoms with van der Waals surface area (Å²) in [4.78, 5) is 0. The highest BCUT2D eigenvalue weighted by molar-refractivity contribution is 7.09. The van der Waals surface area contributed by atoms with Crippen molar-refractivity contribution in [2.45, 2.75) is 6.10 Å². The summed E-state index contributed by atoms with van der Waals surface area (Å²) in [7, 11) is 0. The molecule has 78 valence electrons. The van der Waals surface area contributed by atoms with E-state index in [-0.39, 0.29) is 6.10 Å². The first-order valence-electron chi connectivity index (χ1n) is 5.22. The van der Waals surface area contributed by atoms with Crippen LogP contribution in [0.4, 0.5) is 0 Å². The Hall–Kier alpha value is -0.900. The second kappa shape index (κ2) is 3.93. The molecule has 1 unspecified atom stereocenters. The highest BCUT2D eigenvalue weighted by atomic mass is 32.1. The van der Waals surface area contributed by atoms with Gasteiger partial charge in [0.25, 0.3) is 0 Å². The van der Waals surface area contributed by atoms with Crippen molar-refractivity contribution in [1.82, 2.24) is 5.32 Å². The van der Waals surface area contributed by atoms with Crippen molar-refractivity contribution in [1.29, 1.82) is 0 Å². The van der Waals surface area contributed by atoms with Crippen molar-refractivity contribution in [3.63, 3.8) is 0 Å². The molecular weight excluding hydrogens is 206 g/mol. The van der Waals surface area contributed by atoms with Crippen LogP contribution in [0.15, 0.2) is 29.0 Å². The average Bonchev–Trinajstić information content (AvgIpc) is 2.78. The van der Waals surface area contributed by atoms with Crippen molar-refractivity contribution in [3.8, 4) is 0 Å². The number of ether oxygens (including phenoxy) is 1. The number of morpholine rings is 1. The SMILES string of the molecule is c1cc(C2CNCCO2)c2cscc2c1. The lowest BCUT2D eigenvalue weighted by Crippen LogP contribution is -2.33. The van der Waals surface area contributed by atoms with Gasteiger partial charge < -0.3 is 10.1 Å². The van der Waals surface area contributed by atoms with E-state index in [4.69, 9.17) is 4.74 Å². The van der Waals surface area contributed by atoms with Crippen LogP contribution < -0.4 is 5.32 Å². The van der Waals surface area contributed by atoms with Gasteiger partial charge in [0.2, 0.25) is 0 Å². The van der Waals surface area contributed by atoms with Crippen LogP contribution in [0.25, 0.3) is 10.8 Å². The zero-order chi connectivity index (χ0) is 10.1. The number of fused-ring (bicyclic) bond motifs is 1. The molecule has 1 fully saturated rings. The third kappa shape index (κ3) is 1.67. The van der Waals surface area contributed by atoms with E-state index in [0.717, 1.165) is 19.7 Å². The summed E-state index contributed by atoms with van der Waals surface area (Å²) in [5, 5.41) is 10.4. The molecule has 1 aromatic heterocycles. The van der Waals surface area contributed by atoms with Crippen LogP contribution in [0.1, 0.15) is 11.7 Å². The predicted molar refractivity (Wildman–Crippen MR) is 63.4 cm³/mol. The Morgan fingerprint density at radius 3 is 3.20 bits per heavy atom. The number of thiophene rings is 1. The van der Waals surface area contributed by atoms with Crippen LogP contribution in [0.5, 0.6) is 0 Å². The van der Waals surface area contributed by atoms with Gasteiger partial charge in [0, 0.05) is 13.1 Å². The van der Waals surface area contributed by atoms with Crippen molar-refractivity contribution in [2.75, 3.05) is 19.7 Å². The first-order chi connectivity index (χ1) is 7.45. The van der Waals surface area contributed by atoms with E-state index in [1.165, 1.54) is 16.3 Å². The van der Waals surface area contributed by atoms with Crippen LogP contribution in [-0.4, -0.2) is 19.7 Å². The Morgan fingerprint density at radius 1 is 1.33 bits per heavy atom. The molecule has 1 saturated heterocycles. The van der Waals surface area contributed by atoms with E-state index in [9.17, 15) is 0 Å². The standard InChI is InChI=1S/C12H13NOS/c1-2-9-7-15-8-11(9)10(3-1)12-6-13-4-5-14-12/h1-3,7-8,12-13H,4-6H2. The maximum absolute atomic E-state index is 5.78. The van der Waals surface area contributed by atoms with Crippen molar-refractivity contribution in [3.05, 3.63) is 34.5 Å². The first-order valence-corrected chi connectivity index (χ1v) is 6.16. The van der Waals surface area contributed by atoms with Crippen LogP contribution in [0, 0.1) is 0 Å². The van der Waals surface area contributed by atoms with Crippen molar-refractivity contribution in [2.24, 2.45) is 0 Å². The molecule has 1 aliphatic heterocycles. The first kappa shape index (κ1) is 9.33. The molecule has 0 amide bonds. The number of benzene rings is 1. The van der Waals surface area contributed by atoms with Gasteiger partial charge in [0.1, 0.15) is 0 Å². The average molecular weight is 219 g/mol. The van der Waals surface area contributed by atoms with Crippen LogP contribution in [0.3, 0.4) is 0 Å². The number of rotatable bonds is 1. The smallest absolute Gasteiger partial charge is 0.0956 e. The van der Waals surface area contributed by atoms with Gasteiger partial charge in [-0.25, -0.2) is 0 Å². The summed E-state index contributed by atoms with van der Waals surface area (Å²) in [6.45, 7) is 2.70. The van der Waals surface area contributed by atoms with Gasteiger partial charge in [-0.05, 0) is 27.1 Å². The Balaban J connectivity index is 2.05. The minimum atomic E-state index is 0.219. The fraction of sp³-hybridized carbons (Fsp3) is 0.333. The van der Waals surface area contributed by atoms with Crippen LogP contribution in [-0.2, 0) is 4.74 Å². The Kier molecular flexibility index (Phi) is 2.44. The van der Waals surface area contributed by atoms with E-state index >= 15 is 0 Å². The normalized spacial score (nSPS) is 22.0. The van der Waals surface area contributed by atoms with Gasteiger partial charge in [0.05, 0.1) is 12.7 Å². The molecule has 3 rings (SSSR count). The maximum atomic E-state index is 5.78. The maximum Gasteiger partial charge on any atom is 0.0956 e. The molecule has 15 heavy (non-hydrogen) atoms. The number of hydrogen-bond donors (Lipinski definition) is 1. The number of hydrogen-bond acceptors (Lipinski definition) is 3. The molecule has 0 spiro atoms. The van der Waals surface area contributed by atoms with Gasteiger partial charge in [-0.3, -0.25) is 0 Å². The lowest BCUT2D eigenvalue weighted by Gasteiger charge is -2.24. The van der Waals surface area contributed by atoms with E-state index in [1.807, 2.05) is 0 Å². The molecule has 1 atom stereocenters. The Labute approximate surface area is 92.9 Å². The summed E-state index contributed by atoms with van der Waals surface area (Å²) in [5.74, 6) is 0.